The maximum atomic E-state index is 11.9. The van der Waals surface area contributed by atoms with E-state index in [1.165, 1.54) is 0 Å². The number of rotatable bonds is 4. The lowest BCUT2D eigenvalue weighted by Crippen LogP contribution is -2.43. The van der Waals surface area contributed by atoms with E-state index in [2.05, 4.69) is 18.0 Å². The summed E-state index contributed by atoms with van der Waals surface area (Å²) in [6.07, 6.45) is 5.30. The van der Waals surface area contributed by atoms with Crippen molar-refractivity contribution >= 4 is 5.78 Å². The third-order valence-corrected chi connectivity index (χ3v) is 5.17. The lowest BCUT2D eigenvalue weighted by molar-refractivity contribution is -0.116. The molecule has 1 saturated heterocycles. The highest BCUT2D eigenvalue weighted by Crippen LogP contribution is 2.49. The summed E-state index contributed by atoms with van der Waals surface area (Å²) >= 11 is 0. The zero-order chi connectivity index (χ0) is 16.6. The Labute approximate surface area is 136 Å². The molecule has 5 heteroatoms. The van der Waals surface area contributed by atoms with Crippen molar-refractivity contribution in [3.8, 4) is 17.2 Å². The second-order valence-electron chi connectivity index (χ2n) is 6.20. The van der Waals surface area contributed by atoms with Crippen LogP contribution in [0.1, 0.15) is 18.4 Å². The number of ether oxygens (including phenoxy) is 3. The van der Waals surface area contributed by atoms with Crippen LogP contribution in [0.25, 0.3) is 0 Å². The predicted octanol–water partition coefficient (Wildman–Crippen LogP) is 2.18. The Morgan fingerprint density at radius 1 is 1.13 bits per heavy atom. The lowest BCUT2D eigenvalue weighted by Gasteiger charge is -2.37. The number of methoxy groups -OCH3 is 3. The van der Waals surface area contributed by atoms with Gasteiger partial charge in [-0.05, 0) is 43.8 Å². The number of benzene rings is 1. The summed E-state index contributed by atoms with van der Waals surface area (Å²) in [5.74, 6) is 2.07. The van der Waals surface area contributed by atoms with Crippen LogP contribution in [0, 0.1) is 0 Å². The Kier molecular flexibility index (Phi) is 4.06. The van der Waals surface area contributed by atoms with Gasteiger partial charge in [0.2, 0.25) is 5.75 Å². The fourth-order valence-electron chi connectivity index (χ4n) is 3.89. The number of ketones is 1. The Morgan fingerprint density at radius 3 is 2.35 bits per heavy atom. The molecule has 0 radical (unpaired) electrons. The van der Waals surface area contributed by atoms with Crippen LogP contribution in [-0.2, 0) is 10.2 Å². The second-order valence-corrected chi connectivity index (χ2v) is 6.20. The first-order valence-corrected chi connectivity index (χ1v) is 7.78. The molecule has 23 heavy (non-hydrogen) atoms. The minimum Gasteiger partial charge on any atom is -0.493 e. The van der Waals surface area contributed by atoms with Crippen LogP contribution >= 0.6 is 0 Å². The molecule has 5 nitrogen and oxygen atoms in total. The summed E-state index contributed by atoms with van der Waals surface area (Å²) in [6, 6.07) is 4.18. The van der Waals surface area contributed by atoms with Gasteiger partial charge in [0.1, 0.15) is 0 Å². The van der Waals surface area contributed by atoms with E-state index in [9.17, 15) is 4.79 Å². The van der Waals surface area contributed by atoms with Crippen molar-refractivity contribution in [2.24, 2.45) is 0 Å². The van der Waals surface area contributed by atoms with Gasteiger partial charge in [0, 0.05) is 17.9 Å². The quantitative estimate of drug-likeness (QED) is 0.852. The fraction of sp³-hybridized carbons (Fsp3) is 0.500. The molecule has 0 N–H and O–H groups in total. The normalized spacial score (nSPS) is 27.0. The highest BCUT2D eigenvalue weighted by atomic mass is 16.5. The summed E-state index contributed by atoms with van der Waals surface area (Å²) < 4.78 is 16.4. The van der Waals surface area contributed by atoms with Crippen molar-refractivity contribution in [1.82, 2.24) is 4.90 Å². The van der Waals surface area contributed by atoms with E-state index in [4.69, 9.17) is 14.2 Å². The van der Waals surface area contributed by atoms with Crippen LogP contribution in [0.2, 0.25) is 0 Å². The van der Waals surface area contributed by atoms with Gasteiger partial charge in [-0.2, -0.15) is 0 Å². The highest BCUT2D eigenvalue weighted by molar-refractivity contribution is 5.92. The molecule has 0 amide bonds. The molecule has 0 bridgehead atoms. The fourth-order valence-corrected chi connectivity index (χ4v) is 3.89. The van der Waals surface area contributed by atoms with E-state index < -0.39 is 0 Å². The Hall–Kier alpha value is -2.01. The van der Waals surface area contributed by atoms with Gasteiger partial charge in [-0.15, -0.1) is 0 Å². The average molecular weight is 317 g/mol. The van der Waals surface area contributed by atoms with Crippen molar-refractivity contribution in [2.75, 3.05) is 34.9 Å². The standard InChI is InChI=1S/C18H23NO4/c1-19-8-7-18(6-5-13(20)11-16(18)19)12-9-14(21-2)17(23-4)15(10-12)22-3/h5-6,9-10,16H,7-8,11H2,1-4H3/t16?,18-/m0/s1. The van der Waals surface area contributed by atoms with Crippen molar-refractivity contribution in [3.63, 3.8) is 0 Å². The molecule has 1 aliphatic heterocycles. The van der Waals surface area contributed by atoms with Gasteiger partial charge in [-0.3, -0.25) is 4.79 Å². The van der Waals surface area contributed by atoms with E-state index in [0.29, 0.717) is 23.7 Å². The van der Waals surface area contributed by atoms with Crippen LogP contribution in [0.5, 0.6) is 17.2 Å². The molecule has 2 atom stereocenters. The van der Waals surface area contributed by atoms with Crippen LogP contribution in [0.15, 0.2) is 24.3 Å². The first kappa shape index (κ1) is 15.9. The molecule has 2 aliphatic rings. The van der Waals surface area contributed by atoms with Crippen molar-refractivity contribution in [2.45, 2.75) is 24.3 Å². The molecule has 124 valence electrons. The summed E-state index contributed by atoms with van der Waals surface area (Å²) in [5.41, 5.74) is 0.917. The van der Waals surface area contributed by atoms with Crippen molar-refractivity contribution < 1.29 is 19.0 Å². The third kappa shape index (κ3) is 2.39. The summed E-state index contributed by atoms with van der Waals surface area (Å²) in [4.78, 5) is 14.2. The summed E-state index contributed by atoms with van der Waals surface area (Å²) in [6.45, 7) is 0.957. The number of nitrogens with zero attached hydrogens (tertiary/aromatic N) is 1. The van der Waals surface area contributed by atoms with Crippen LogP contribution in [0.4, 0.5) is 0 Å². The molecule has 1 aliphatic carbocycles. The minimum absolute atomic E-state index is 0.169. The summed E-state index contributed by atoms with van der Waals surface area (Å²) in [7, 11) is 6.93. The number of carbonyl (C=O) groups excluding carboxylic acids is 1. The van der Waals surface area contributed by atoms with E-state index in [1.54, 1.807) is 27.4 Å². The van der Waals surface area contributed by atoms with Gasteiger partial charge in [-0.1, -0.05) is 6.08 Å². The zero-order valence-corrected chi connectivity index (χ0v) is 14.1. The number of likely N-dealkylation sites (tertiary alicyclic amines) is 1. The van der Waals surface area contributed by atoms with E-state index in [-0.39, 0.29) is 17.2 Å². The van der Waals surface area contributed by atoms with Crippen LogP contribution < -0.4 is 14.2 Å². The number of hydrogen-bond acceptors (Lipinski definition) is 5. The number of fused-ring (bicyclic) bond motifs is 1. The maximum absolute atomic E-state index is 11.9. The van der Waals surface area contributed by atoms with Gasteiger partial charge in [0.25, 0.3) is 0 Å². The van der Waals surface area contributed by atoms with Crippen LogP contribution in [-0.4, -0.2) is 51.6 Å². The molecular formula is C18H23NO4. The molecule has 1 unspecified atom stereocenters. The summed E-state index contributed by atoms with van der Waals surface area (Å²) in [5, 5.41) is 0. The van der Waals surface area contributed by atoms with Gasteiger partial charge in [0.15, 0.2) is 17.3 Å². The molecule has 1 heterocycles. The Bertz CT molecular complexity index is 629. The molecule has 1 aromatic carbocycles. The number of allylic oxidation sites excluding steroid dienone is 1. The molecule has 1 aromatic rings. The first-order chi connectivity index (χ1) is 11.1. The smallest absolute Gasteiger partial charge is 0.203 e. The predicted molar refractivity (Wildman–Crippen MR) is 87.6 cm³/mol. The van der Waals surface area contributed by atoms with Gasteiger partial charge in [0.05, 0.1) is 21.3 Å². The SMILES string of the molecule is COc1cc([C@@]23C=CC(=O)CC2N(C)CC3)cc(OC)c1OC. The van der Waals surface area contributed by atoms with Gasteiger partial charge >= 0.3 is 0 Å². The topological polar surface area (TPSA) is 48.0 Å². The van der Waals surface area contributed by atoms with E-state index >= 15 is 0 Å². The third-order valence-electron chi connectivity index (χ3n) is 5.17. The van der Waals surface area contributed by atoms with E-state index in [0.717, 1.165) is 18.5 Å². The number of likely N-dealkylation sites (N-methyl/N-ethyl adjacent to an activating group) is 1. The molecule has 0 aromatic heterocycles. The lowest BCUT2D eigenvalue weighted by atomic mass is 9.69. The minimum atomic E-state index is -0.185. The second kappa shape index (κ2) is 5.89. The van der Waals surface area contributed by atoms with Crippen LogP contribution in [0.3, 0.4) is 0 Å². The average Bonchev–Trinajstić information content (AvgIpc) is 2.91. The molecule has 1 fully saturated rings. The largest absolute Gasteiger partial charge is 0.493 e. The highest BCUT2D eigenvalue weighted by Gasteiger charge is 2.48. The molecule has 0 spiro atoms. The zero-order valence-electron chi connectivity index (χ0n) is 14.1. The maximum Gasteiger partial charge on any atom is 0.203 e. The first-order valence-electron chi connectivity index (χ1n) is 7.78. The van der Waals surface area contributed by atoms with Crippen molar-refractivity contribution in [1.29, 1.82) is 0 Å². The van der Waals surface area contributed by atoms with Gasteiger partial charge < -0.3 is 19.1 Å². The monoisotopic (exact) mass is 317 g/mol. The van der Waals surface area contributed by atoms with Crippen molar-refractivity contribution in [3.05, 3.63) is 29.8 Å². The van der Waals surface area contributed by atoms with Gasteiger partial charge in [-0.25, -0.2) is 0 Å². The van der Waals surface area contributed by atoms with E-state index in [1.807, 2.05) is 12.1 Å². The Morgan fingerprint density at radius 2 is 1.78 bits per heavy atom. The number of hydrogen-bond donors (Lipinski definition) is 0. The Balaban J connectivity index is 2.16. The molecule has 0 saturated carbocycles. The molecular weight excluding hydrogens is 294 g/mol. The molecule has 3 rings (SSSR count). The number of carbonyl (C=O) groups is 1.